The van der Waals surface area contributed by atoms with Gasteiger partial charge >= 0.3 is 6.03 Å². The highest BCUT2D eigenvalue weighted by atomic mass is 32.2. The Bertz CT molecular complexity index is 1870. The smallest absolute Gasteiger partial charge is 0.323 e. The molecule has 0 saturated carbocycles. The van der Waals surface area contributed by atoms with Gasteiger partial charge in [0.2, 0.25) is 10.0 Å². The van der Waals surface area contributed by atoms with Crippen LogP contribution in [-0.2, 0) is 25.9 Å². The molecule has 4 aromatic carbocycles. The third kappa shape index (κ3) is 7.17. The Labute approximate surface area is 269 Å². The fraction of sp³-hybridized carbons (Fsp3) is 0.314. The van der Waals surface area contributed by atoms with Crippen LogP contribution in [0.1, 0.15) is 60.8 Å². The van der Waals surface area contributed by atoms with Gasteiger partial charge in [0.15, 0.2) is 0 Å². The molecule has 11 heteroatoms. The summed E-state index contributed by atoms with van der Waals surface area (Å²) in [7, 11) is -2.47. The Morgan fingerprint density at radius 2 is 1.61 bits per heavy atom. The molecule has 46 heavy (non-hydrogen) atoms. The number of carbonyl (C=O) groups excluding carboxylic acids is 2. The van der Waals surface area contributed by atoms with Gasteiger partial charge in [-0.1, -0.05) is 81.4 Å². The van der Waals surface area contributed by atoms with E-state index in [2.05, 4.69) is 10.6 Å². The van der Waals surface area contributed by atoms with Crippen LogP contribution in [0, 0.1) is 0 Å². The molecule has 0 spiro atoms. The number of carbonyl (C=O) groups is 2. The molecule has 1 fully saturated rings. The fourth-order valence-electron chi connectivity index (χ4n) is 5.89. The molecule has 1 aliphatic rings. The number of primary sulfonamides is 1. The minimum Gasteiger partial charge on any atom is -0.494 e. The number of sulfonamides is 1. The average Bonchev–Trinajstić information content (AvgIpc) is 3.00. The average molecular weight is 645 g/mol. The lowest BCUT2D eigenvalue weighted by Crippen LogP contribution is -2.48. The number of methoxy groups -OCH3 is 1. The lowest BCUT2D eigenvalue weighted by Gasteiger charge is -2.39. The van der Waals surface area contributed by atoms with Crippen molar-refractivity contribution >= 4 is 44.1 Å². The van der Waals surface area contributed by atoms with E-state index < -0.39 is 21.8 Å². The normalized spacial score (nSPS) is 17.0. The van der Waals surface area contributed by atoms with Gasteiger partial charge in [-0.05, 0) is 47.1 Å². The molecule has 4 N–H and O–H groups in total. The van der Waals surface area contributed by atoms with E-state index in [-0.39, 0.29) is 29.2 Å². The largest absolute Gasteiger partial charge is 0.494 e. The van der Waals surface area contributed by atoms with Crippen LogP contribution in [-0.4, -0.2) is 51.6 Å². The Morgan fingerprint density at radius 3 is 2.26 bits per heavy atom. The molecule has 1 saturated heterocycles. The van der Waals surface area contributed by atoms with Crippen LogP contribution in [0.5, 0.6) is 5.75 Å². The predicted octanol–water partition coefficient (Wildman–Crippen LogP) is 6.18. The van der Waals surface area contributed by atoms with Crippen molar-refractivity contribution < 1.29 is 27.5 Å². The number of rotatable bonds is 7. The van der Waals surface area contributed by atoms with Crippen LogP contribution in [0.15, 0.2) is 78.9 Å². The van der Waals surface area contributed by atoms with E-state index in [9.17, 15) is 18.0 Å². The summed E-state index contributed by atoms with van der Waals surface area (Å²) < 4.78 is 35.6. The maximum absolute atomic E-state index is 14.0. The second-order valence-electron chi connectivity index (χ2n) is 12.5. The summed E-state index contributed by atoms with van der Waals surface area (Å²) >= 11 is 0. The first-order chi connectivity index (χ1) is 21.8. The van der Waals surface area contributed by atoms with Crippen molar-refractivity contribution in [1.29, 1.82) is 0 Å². The van der Waals surface area contributed by atoms with Gasteiger partial charge in [0, 0.05) is 23.1 Å². The quantitative estimate of drug-likeness (QED) is 0.220. The number of fused-ring (bicyclic) bond motifs is 1. The maximum atomic E-state index is 14.0. The van der Waals surface area contributed by atoms with E-state index in [4.69, 9.17) is 14.6 Å². The highest BCUT2D eigenvalue weighted by molar-refractivity contribution is 7.88. The number of anilines is 2. The predicted molar refractivity (Wildman–Crippen MR) is 181 cm³/mol. The zero-order valence-corrected chi connectivity index (χ0v) is 27.5. The summed E-state index contributed by atoms with van der Waals surface area (Å²) in [6.45, 7) is 8.82. The number of morpholine rings is 1. The molecule has 10 nitrogen and oxygen atoms in total. The van der Waals surface area contributed by atoms with Crippen LogP contribution in [0.2, 0.25) is 0 Å². The van der Waals surface area contributed by atoms with Gasteiger partial charge in [0.1, 0.15) is 11.9 Å². The van der Waals surface area contributed by atoms with Crippen LogP contribution >= 0.6 is 0 Å². The summed E-state index contributed by atoms with van der Waals surface area (Å²) in [4.78, 5) is 29.3. The van der Waals surface area contributed by atoms with Gasteiger partial charge in [-0.15, -0.1) is 0 Å². The molecule has 5 rings (SSSR count). The molecular weight excluding hydrogens is 604 g/mol. The van der Waals surface area contributed by atoms with E-state index in [1.807, 2.05) is 87.2 Å². The minimum atomic E-state index is -3.88. The van der Waals surface area contributed by atoms with Crippen molar-refractivity contribution in [3.63, 3.8) is 0 Å². The summed E-state index contributed by atoms with van der Waals surface area (Å²) in [5.41, 5.74) is 3.12. The zero-order chi connectivity index (χ0) is 33.2. The monoisotopic (exact) mass is 644 g/mol. The van der Waals surface area contributed by atoms with Crippen molar-refractivity contribution in [2.24, 2.45) is 5.14 Å². The Kier molecular flexibility index (Phi) is 9.39. The number of ether oxygens (including phenoxy) is 2. The fourth-order valence-corrected chi connectivity index (χ4v) is 6.54. The molecule has 1 heterocycles. The van der Waals surface area contributed by atoms with E-state index in [1.165, 1.54) is 7.11 Å². The molecule has 1 aliphatic heterocycles. The first kappa shape index (κ1) is 32.9. The Balaban J connectivity index is 1.43. The summed E-state index contributed by atoms with van der Waals surface area (Å²) in [5, 5.41) is 12.5. The minimum absolute atomic E-state index is 0.116. The van der Waals surface area contributed by atoms with Gasteiger partial charge in [0.05, 0.1) is 36.9 Å². The van der Waals surface area contributed by atoms with Gasteiger partial charge in [0.25, 0.3) is 5.91 Å². The molecule has 2 unspecified atom stereocenters. The molecule has 0 radical (unpaired) electrons. The first-order valence-electron chi connectivity index (χ1n) is 15.1. The molecule has 242 valence electrons. The number of urea groups is 1. The summed E-state index contributed by atoms with van der Waals surface area (Å²) in [6, 6.07) is 23.5. The van der Waals surface area contributed by atoms with E-state index >= 15 is 0 Å². The van der Waals surface area contributed by atoms with E-state index in [0.717, 1.165) is 11.1 Å². The van der Waals surface area contributed by atoms with Crippen molar-refractivity contribution in [1.82, 2.24) is 4.90 Å². The molecule has 4 aromatic rings. The van der Waals surface area contributed by atoms with Crippen LogP contribution in [0.3, 0.4) is 0 Å². The van der Waals surface area contributed by atoms with Crippen molar-refractivity contribution in [2.75, 3.05) is 30.9 Å². The van der Waals surface area contributed by atoms with Gasteiger partial charge in [-0.2, -0.15) is 0 Å². The second kappa shape index (κ2) is 13.1. The number of nitrogens with one attached hydrogen (secondary N) is 2. The van der Waals surface area contributed by atoms with Crippen LogP contribution in [0.4, 0.5) is 16.2 Å². The molecular formula is C35H40N4O6S. The van der Waals surface area contributed by atoms with Crippen molar-refractivity contribution in [2.45, 2.75) is 51.0 Å². The topological polar surface area (TPSA) is 140 Å². The third-order valence-corrected chi connectivity index (χ3v) is 8.91. The summed E-state index contributed by atoms with van der Waals surface area (Å²) in [6.07, 6.45) is -0.242. The Hall–Kier alpha value is -4.45. The number of hydrogen-bond acceptors (Lipinski definition) is 6. The number of benzene rings is 4. The lowest BCUT2D eigenvalue weighted by atomic mass is 9.85. The van der Waals surface area contributed by atoms with E-state index in [0.29, 0.717) is 46.4 Å². The maximum Gasteiger partial charge on any atom is 0.323 e. The van der Waals surface area contributed by atoms with Gasteiger partial charge in [-0.3, -0.25) is 4.79 Å². The number of amides is 3. The SMILES string of the molecule is COc1c(CS(N)(=O)=O)cc(C(C)(C)C)cc1NC(=O)Nc1ccc(C(=O)N2CCOC(c3ccccc3)C2C)c2ccccc12. The molecule has 0 aliphatic carbocycles. The summed E-state index contributed by atoms with van der Waals surface area (Å²) in [5.74, 6) is -0.365. The third-order valence-electron chi connectivity index (χ3n) is 8.19. The molecule has 0 bridgehead atoms. The highest BCUT2D eigenvalue weighted by Crippen LogP contribution is 2.37. The van der Waals surface area contributed by atoms with Crippen LogP contribution in [0.25, 0.3) is 10.8 Å². The van der Waals surface area contributed by atoms with Gasteiger partial charge < -0.3 is 25.0 Å². The Morgan fingerprint density at radius 1 is 0.957 bits per heavy atom. The number of nitrogens with zero attached hydrogens (tertiary/aromatic N) is 1. The number of hydrogen-bond donors (Lipinski definition) is 3. The first-order valence-corrected chi connectivity index (χ1v) is 16.8. The molecule has 2 atom stereocenters. The van der Waals surface area contributed by atoms with Crippen molar-refractivity contribution in [3.8, 4) is 5.75 Å². The zero-order valence-electron chi connectivity index (χ0n) is 26.7. The number of nitrogens with two attached hydrogens (primary N) is 1. The van der Waals surface area contributed by atoms with E-state index in [1.54, 1.807) is 24.3 Å². The standard InChI is InChI=1S/C35H40N4O6S/c1-22-31(23-11-7-6-8-12-23)45-18-17-39(22)33(40)28-15-16-29(27-14-10-9-13-26(27)28)37-34(41)38-30-20-25(35(2,3)4)19-24(32(30)44-5)21-46(36,42)43/h6-16,19-20,22,31H,17-18,21H2,1-5H3,(H2,36,42,43)(H2,37,38,41). The molecule has 0 aromatic heterocycles. The molecule has 3 amide bonds. The second-order valence-corrected chi connectivity index (χ2v) is 14.1. The van der Waals surface area contributed by atoms with Crippen molar-refractivity contribution in [3.05, 3.63) is 101 Å². The highest BCUT2D eigenvalue weighted by Gasteiger charge is 2.34. The lowest BCUT2D eigenvalue weighted by molar-refractivity contribution is -0.0551. The van der Waals surface area contributed by atoms with Crippen LogP contribution < -0.4 is 20.5 Å². The van der Waals surface area contributed by atoms with Gasteiger partial charge in [-0.25, -0.2) is 18.4 Å².